The van der Waals surface area contributed by atoms with Gasteiger partial charge in [0, 0.05) is 13.5 Å². The lowest BCUT2D eigenvalue weighted by atomic mass is 10.1. The van der Waals surface area contributed by atoms with Crippen LogP contribution in [0.1, 0.15) is 22.7 Å². The zero-order valence-corrected chi connectivity index (χ0v) is 16.3. The summed E-state index contributed by atoms with van der Waals surface area (Å²) in [5.74, 6) is 1.14. The number of benzene rings is 2. The number of methoxy groups -OCH3 is 1. The van der Waals surface area contributed by atoms with Gasteiger partial charge in [0.25, 0.3) is 0 Å². The zero-order chi connectivity index (χ0) is 19.9. The minimum atomic E-state index is -0.425. The molecule has 0 fully saturated rings. The van der Waals surface area contributed by atoms with Gasteiger partial charge in [-0.15, -0.1) is 10.2 Å². The second kappa shape index (κ2) is 13.5. The number of carbonyl (C=O) groups is 1. The molecule has 0 aliphatic carbocycles. The summed E-state index contributed by atoms with van der Waals surface area (Å²) in [7, 11) is 1.33. The lowest BCUT2D eigenvalue weighted by Gasteiger charge is -2.02. The topological polar surface area (TPSA) is 85.5 Å². The van der Waals surface area contributed by atoms with Gasteiger partial charge in [-0.05, 0) is 24.3 Å². The molecule has 0 atom stereocenters. The van der Waals surface area contributed by atoms with Crippen molar-refractivity contribution in [2.75, 3.05) is 19.5 Å². The van der Waals surface area contributed by atoms with Gasteiger partial charge in [-0.3, -0.25) is 0 Å². The molecule has 0 spiro atoms. The average molecular weight is 388 g/mol. The first kappa shape index (κ1) is 22.4. The van der Waals surface area contributed by atoms with E-state index in [0.29, 0.717) is 22.9 Å². The van der Waals surface area contributed by atoms with Crippen molar-refractivity contribution in [3.05, 3.63) is 72.1 Å². The van der Waals surface area contributed by atoms with E-state index in [9.17, 15) is 4.79 Å². The quantitative estimate of drug-likeness (QED) is 0.522. The van der Waals surface area contributed by atoms with Crippen molar-refractivity contribution < 1.29 is 19.1 Å². The Morgan fingerprint density at radius 2 is 1.67 bits per heavy atom. The van der Waals surface area contributed by atoms with Crippen LogP contribution >= 0.6 is 12.6 Å². The maximum Gasteiger partial charge on any atom is 0.338 e. The maximum absolute atomic E-state index is 11.5. The molecule has 0 unspecified atom stereocenters. The van der Waals surface area contributed by atoms with E-state index in [1.807, 2.05) is 36.4 Å². The number of hydrogen-bond donors (Lipinski definition) is 2. The van der Waals surface area contributed by atoms with Crippen LogP contribution < -0.4 is 0 Å². The highest BCUT2D eigenvalue weighted by Gasteiger charge is 2.16. The number of esters is 1. The second-order valence-corrected chi connectivity index (χ2v) is 5.57. The standard InChI is InChI=1S/C11H10N2O3.C6H6.C3H8OS/c1-7-12-13-10(16-7)8-5-3-4-6-9(8)11(14)15-2;1-2-4-6-5-3-1;4-2-1-3-5/h3-6H,1-2H3;1-6H;4-5H,1-3H2. The smallest absolute Gasteiger partial charge is 0.338 e. The van der Waals surface area contributed by atoms with Gasteiger partial charge in [0.2, 0.25) is 11.8 Å². The Labute approximate surface area is 164 Å². The number of nitrogens with zero attached hydrogens (tertiary/aromatic N) is 2. The predicted molar refractivity (Wildman–Crippen MR) is 108 cm³/mol. The Morgan fingerprint density at radius 3 is 2.07 bits per heavy atom. The van der Waals surface area contributed by atoms with Crippen LogP contribution in [0.3, 0.4) is 0 Å². The van der Waals surface area contributed by atoms with E-state index in [-0.39, 0.29) is 6.61 Å². The van der Waals surface area contributed by atoms with Gasteiger partial charge in [-0.25, -0.2) is 4.79 Å². The first-order valence-electron chi connectivity index (χ1n) is 8.33. The van der Waals surface area contributed by atoms with Gasteiger partial charge in [-0.2, -0.15) is 12.6 Å². The van der Waals surface area contributed by atoms with Gasteiger partial charge in [0.1, 0.15) is 0 Å². The molecule has 0 amide bonds. The molecule has 1 heterocycles. The Bertz CT molecular complexity index is 750. The highest BCUT2D eigenvalue weighted by molar-refractivity contribution is 7.80. The molecule has 7 heteroatoms. The summed E-state index contributed by atoms with van der Waals surface area (Å²) in [6.45, 7) is 1.96. The highest BCUT2D eigenvalue weighted by atomic mass is 32.1. The van der Waals surface area contributed by atoms with Crippen LogP contribution in [-0.4, -0.2) is 40.7 Å². The van der Waals surface area contributed by atoms with Gasteiger partial charge >= 0.3 is 5.97 Å². The van der Waals surface area contributed by atoms with Gasteiger partial charge < -0.3 is 14.3 Å². The number of hydrogen-bond acceptors (Lipinski definition) is 7. The molecule has 6 nitrogen and oxygen atoms in total. The number of aliphatic hydroxyl groups is 1. The van der Waals surface area contributed by atoms with E-state index in [0.717, 1.165) is 12.2 Å². The molecule has 0 aliphatic rings. The van der Waals surface area contributed by atoms with Crippen molar-refractivity contribution in [3.63, 3.8) is 0 Å². The minimum absolute atomic E-state index is 0.267. The molecule has 0 aliphatic heterocycles. The Kier molecular flexibility index (Phi) is 11.2. The molecule has 0 saturated heterocycles. The predicted octanol–water partition coefficient (Wildman–Crippen LogP) is 3.82. The third-order valence-electron chi connectivity index (χ3n) is 3.07. The number of aliphatic hydroxyl groups excluding tert-OH is 1. The SMILES string of the molecule is COC(=O)c1ccccc1-c1nnc(C)o1.OCCCS.c1ccccc1. The second-order valence-electron chi connectivity index (χ2n) is 5.12. The van der Waals surface area contributed by atoms with Crippen LogP contribution in [0.25, 0.3) is 11.5 Å². The third kappa shape index (κ3) is 8.52. The van der Waals surface area contributed by atoms with Crippen molar-refractivity contribution in [2.24, 2.45) is 0 Å². The summed E-state index contributed by atoms with van der Waals surface area (Å²) in [6, 6.07) is 18.9. The van der Waals surface area contributed by atoms with Crippen molar-refractivity contribution in [2.45, 2.75) is 13.3 Å². The van der Waals surface area contributed by atoms with E-state index in [1.54, 1.807) is 31.2 Å². The number of carbonyl (C=O) groups excluding carboxylic acids is 1. The molecule has 1 aromatic heterocycles. The fraction of sp³-hybridized carbons (Fsp3) is 0.250. The van der Waals surface area contributed by atoms with Crippen molar-refractivity contribution in [3.8, 4) is 11.5 Å². The first-order valence-corrected chi connectivity index (χ1v) is 8.96. The average Bonchev–Trinajstić information content (AvgIpc) is 3.16. The number of thiol groups is 1. The molecule has 1 N–H and O–H groups in total. The zero-order valence-electron chi connectivity index (χ0n) is 15.4. The monoisotopic (exact) mass is 388 g/mol. The molecule has 27 heavy (non-hydrogen) atoms. The van der Waals surface area contributed by atoms with Gasteiger partial charge in [-0.1, -0.05) is 48.5 Å². The molecule has 3 aromatic rings. The highest BCUT2D eigenvalue weighted by Crippen LogP contribution is 2.22. The first-order chi connectivity index (χ1) is 13.1. The molecule has 3 rings (SSSR count). The Balaban J connectivity index is 0.000000272. The third-order valence-corrected chi connectivity index (χ3v) is 3.39. The molecule has 0 radical (unpaired) electrons. The normalized spacial score (nSPS) is 9.33. The van der Waals surface area contributed by atoms with Crippen LogP contribution in [0.4, 0.5) is 0 Å². The lowest BCUT2D eigenvalue weighted by molar-refractivity contribution is 0.0601. The number of aryl methyl sites for hydroxylation is 1. The van der Waals surface area contributed by atoms with E-state index in [2.05, 4.69) is 27.6 Å². The molecule has 2 aromatic carbocycles. The fourth-order valence-corrected chi connectivity index (χ4v) is 1.96. The summed E-state index contributed by atoms with van der Waals surface area (Å²) in [5, 5.41) is 15.6. The molecule has 0 saturated carbocycles. The minimum Gasteiger partial charge on any atom is -0.465 e. The lowest BCUT2D eigenvalue weighted by Crippen LogP contribution is -2.03. The van der Waals surface area contributed by atoms with E-state index >= 15 is 0 Å². The molecule has 144 valence electrons. The summed E-state index contributed by atoms with van der Waals surface area (Å²) in [5.41, 5.74) is 0.989. The van der Waals surface area contributed by atoms with Gasteiger partial charge in [0.05, 0.1) is 18.2 Å². The maximum atomic E-state index is 11.5. The van der Waals surface area contributed by atoms with Crippen molar-refractivity contribution in [1.82, 2.24) is 10.2 Å². The molecule has 0 bridgehead atoms. The summed E-state index contributed by atoms with van der Waals surface area (Å²) < 4.78 is 9.95. The van der Waals surface area contributed by atoms with E-state index in [1.165, 1.54) is 7.11 Å². The van der Waals surface area contributed by atoms with Crippen LogP contribution in [0.5, 0.6) is 0 Å². The van der Waals surface area contributed by atoms with Crippen LogP contribution in [0.2, 0.25) is 0 Å². The van der Waals surface area contributed by atoms with E-state index in [4.69, 9.17) is 9.52 Å². The van der Waals surface area contributed by atoms with Crippen molar-refractivity contribution in [1.29, 1.82) is 0 Å². The number of rotatable bonds is 4. The van der Waals surface area contributed by atoms with Crippen LogP contribution in [0, 0.1) is 6.92 Å². The molecular weight excluding hydrogens is 364 g/mol. The van der Waals surface area contributed by atoms with Gasteiger partial charge in [0.15, 0.2) is 0 Å². The summed E-state index contributed by atoms with van der Waals surface area (Å²) >= 11 is 3.84. The van der Waals surface area contributed by atoms with Crippen molar-refractivity contribution >= 4 is 18.6 Å². The number of ether oxygens (including phenoxy) is 1. The van der Waals surface area contributed by atoms with Crippen LogP contribution in [0.15, 0.2) is 65.1 Å². The summed E-state index contributed by atoms with van der Waals surface area (Å²) in [6.07, 6.45) is 0.809. The Morgan fingerprint density at radius 1 is 1.07 bits per heavy atom. The number of aromatic nitrogens is 2. The van der Waals surface area contributed by atoms with Crippen LogP contribution in [-0.2, 0) is 4.74 Å². The Hall–Kier alpha value is -2.64. The summed E-state index contributed by atoms with van der Waals surface area (Å²) in [4.78, 5) is 11.5. The largest absolute Gasteiger partial charge is 0.465 e. The van der Waals surface area contributed by atoms with E-state index < -0.39 is 5.97 Å². The fourth-order valence-electron chi connectivity index (χ4n) is 1.82. The molecular formula is C20H24N2O4S.